The summed E-state index contributed by atoms with van der Waals surface area (Å²) in [6.07, 6.45) is 4.61. The summed E-state index contributed by atoms with van der Waals surface area (Å²) in [5.41, 5.74) is 1.80. The van der Waals surface area contributed by atoms with Crippen LogP contribution in [0.25, 0.3) is 0 Å². The number of nitrogens with zero attached hydrogens (tertiary/aromatic N) is 2. The first-order valence-electron chi connectivity index (χ1n) is 7.56. The van der Waals surface area contributed by atoms with Crippen molar-refractivity contribution < 1.29 is 9.90 Å². The molecule has 1 fully saturated rings. The standard InChI is InChI=1S/C16H24N2O3/c1-10(14(19)20)13-11(2)17-15(21)18(12(13)3)9-16(4)7-5-6-8-16/h10H,5-9H2,1-4H3,(H,19,20). The van der Waals surface area contributed by atoms with E-state index in [1.807, 2.05) is 6.92 Å². The Morgan fingerprint density at radius 1 is 1.38 bits per heavy atom. The van der Waals surface area contributed by atoms with Gasteiger partial charge in [-0.3, -0.25) is 9.36 Å². The third kappa shape index (κ3) is 3.01. The van der Waals surface area contributed by atoms with Crippen molar-refractivity contribution in [3.05, 3.63) is 27.4 Å². The van der Waals surface area contributed by atoms with E-state index in [1.54, 1.807) is 18.4 Å². The highest BCUT2D eigenvalue weighted by molar-refractivity contribution is 5.76. The molecule has 5 heteroatoms. The zero-order chi connectivity index (χ0) is 15.8. The van der Waals surface area contributed by atoms with Gasteiger partial charge in [-0.1, -0.05) is 19.8 Å². The lowest BCUT2D eigenvalue weighted by Crippen LogP contribution is -2.34. The normalized spacial score (nSPS) is 18.7. The molecular weight excluding hydrogens is 268 g/mol. The van der Waals surface area contributed by atoms with Crippen LogP contribution >= 0.6 is 0 Å². The van der Waals surface area contributed by atoms with Gasteiger partial charge in [-0.25, -0.2) is 4.79 Å². The highest BCUT2D eigenvalue weighted by Crippen LogP contribution is 2.39. The van der Waals surface area contributed by atoms with Gasteiger partial charge in [0.25, 0.3) is 0 Å². The number of carboxylic acid groups (broad SMARTS) is 1. The first-order valence-corrected chi connectivity index (χ1v) is 7.56. The lowest BCUT2D eigenvalue weighted by atomic mass is 9.88. The number of hydrogen-bond donors (Lipinski definition) is 1. The highest BCUT2D eigenvalue weighted by atomic mass is 16.4. The van der Waals surface area contributed by atoms with Crippen molar-refractivity contribution in [2.24, 2.45) is 5.41 Å². The van der Waals surface area contributed by atoms with Gasteiger partial charge in [-0.05, 0) is 39.0 Å². The molecule has 1 saturated carbocycles. The Balaban J connectivity index is 2.49. The average Bonchev–Trinajstić information content (AvgIpc) is 2.81. The summed E-state index contributed by atoms with van der Waals surface area (Å²) < 4.78 is 1.67. The first kappa shape index (κ1) is 15.7. The number of carbonyl (C=O) groups is 1. The molecular formula is C16H24N2O3. The lowest BCUT2D eigenvalue weighted by Gasteiger charge is -2.27. The van der Waals surface area contributed by atoms with Crippen molar-refractivity contribution in [2.75, 3.05) is 0 Å². The minimum absolute atomic E-state index is 0.120. The Kier molecular flexibility index (Phi) is 4.21. The maximum atomic E-state index is 12.2. The van der Waals surface area contributed by atoms with E-state index in [4.69, 9.17) is 0 Å². The summed E-state index contributed by atoms with van der Waals surface area (Å²) in [7, 11) is 0. The summed E-state index contributed by atoms with van der Waals surface area (Å²) in [5.74, 6) is -1.54. The molecule has 1 N–H and O–H groups in total. The molecule has 2 rings (SSSR count). The molecule has 1 atom stereocenters. The van der Waals surface area contributed by atoms with Gasteiger partial charge in [-0.15, -0.1) is 0 Å². The largest absolute Gasteiger partial charge is 0.481 e. The van der Waals surface area contributed by atoms with Gasteiger partial charge in [0.05, 0.1) is 5.92 Å². The van der Waals surface area contributed by atoms with Gasteiger partial charge in [0.2, 0.25) is 0 Å². The molecule has 1 unspecified atom stereocenters. The molecule has 116 valence electrons. The van der Waals surface area contributed by atoms with E-state index in [0.29, 0.717) is 17.8 Å². The van der Waals surface area contributed by atoms with E-state index in [2.05, 4.69) is 11.9 Å². The van der Waals surface area contributed by atoms with Crippen molar-refractivity contribution >= 4 is 5.97 Å². The number of aromatic nitrogens is 2. The van der Waals surface area contributed by atoms with Crippen LogP contribution in [0.1, 0.15) is 62.4 Å². The zero-order valence-electron chi connectivity index (χ0n) is 13.3. The van der Waals surface area contributed by atoms with Crippen LogP contribution < -0.4 is 5.69 Å². The van der Waals surface area contributed by atoms with E-state index in [1.165, 1.54) is 12.8 Å². The fourth-order valence-electron chi connectivity index (χ4n) is 3.52. The maximum Gasteiger partial charge on any atom is 0.347 e. The van der Waals surface area contributed by atoms with Gasteiger partial charge >= 0.3 is 11.7 Å². The van der Waals surface area contributed by atoms with Crippen LogP contribution in [0.2, 0.25) is 0 Å². The molecule has 0 radical (unpaired) electrons. The molecule has 0 saturated heterocycles. The zero-order valence-corrected chi connectivity index (χ0v) is 13.3. The SMILES string of the molecule is Cc1nc(=O)n(CC2(C)CCCC2)c(C)c1C(C)C(=O)O. The van der Waals surface area contributed by atoms with Crippen LogP contribution in [-0.2, 0) is 11.3 Å². The number of hydrogen-bond acceptors (Lipinski definition) is 3. The van der Waals surface area contributed by atoms with E-state index >= 15 is 0 Å². The second-order valence-electron chi connectivity index (χ2n) is 6.64. The van der Waals surface area contributed by atoms with Crippen LogP contribution in [0.5, 0.6) is 0 Å². The Hall–Kier alpha value is -1.65. The molecule has 0 spiro atoms. The topological polar surface area (TPSA) is 72.2 Å². The minimum atomic E-state index is -0.889. The quantitative estimate of drug-likeness (QED) is 0.926. The van der Waals surface area contributed by atoms with E-state index in [-0.39, 0.29) is 11.1 Å². The molecule has 1 aromatic rings. The van der Waals surface area contributed by atoms with E-state index < -0.39 is 11.9 Å². The Labute approximate surface area is 125 Å². The molecule has 5 nitrogen and oxygen atoms in total. The molecule has 1 aliphatic carbocycles. The van der Waals surface area contributed by atoms with Crippen molar-refractivity contribution in [3.63, 3.8) is 0 Å². The van der Waals surface area contributed by atoms with Gasteiger partial charge in [0, 0.05) is 23.5 Å². The number of rotatable bonds is 4. The molecule has 1 aromatic heterocycles. The van der Waals surface area contributed by atoms with Crippen molar-refractivity contribution in [1.82, 2.24) is 9.55 Å². The lowest BCUT2D eigenvalue weighted by molar-refractivity contribution is -0.138. The highest BCUT2D eigenvalue weighted by Gasteiger charge is 2.31. The third-order valence-electron chi connectivity index (χ3n) is 4.83. The minimum Gasteiger partial charge on any atom is -0.481 e. The summed E-state index contributed by atoms with van der Waals surface area (Å²) >= 11 is 0. The molecule has 0 aliphatic heterocycles. The van der Waals surface area contributed by atoms with Gasteiger partial charge in [0.15, 0.2) is 0 Å². The van der Waals surface area contributed by atoms with E-state index in [0.717, 1.165) is 18.5 Å². The summed E-state index contributed by atoms with van der Waals surface area (Å²) in [5, 5.41) is 9.26. The number of carboxylic acids is 1. The van der Waals surface area contributed by atoms with Gasteiger partial charge in [0.1, 0.15) is 0 Å². The molecule has 21 heavy (non-hydrogen) atoms. The smallest absolute Gasteiger partial charge is 0.347 e. The van der Waals surface area contributed by atoms with Crippen LogP contribution in [-0.4, -0.2) is 20.6 Å². The number of aryl methyl sites for hydroxylation is 1. The molecule has 0 bridgehead atoms. The second-order valence-corrected chi connectivity index (χ2v) is 6.64. The maximum absolute atomic E-state index is 12.2. The third-order valence-corrected chi connectivity index (χ3v) is 4.83. The van der Waals surface area contributed by atoms with Crippen LogP contribution in [0.4, 0.5) is 0 Å². The molecule has 1 heterocycles. The molecule has 0 amide bonds. The summed E-state index contributed by atoms with van der Waals surface area (Å²) in [4.78, 5) is 27.6. The van der Waals surface area contributed by atoms with Crippen LogP contribution in [0, 0.1) is 19.3 Å². The second kappa shape index (κ2) is 5.62. The summed E-state index contributed by atoms with van der Waals surface area (Å²) in [6.45, 7) is 8.02. The van der Waals surface area contributed by atoms with Crippen molar-refractivity contribution in [3.8, 4) is 0 Å². The predicted octanol–water partition coefficient (Wildman–Crippen LogP) is 2.63. The Morgan fingerprint density at radius 2 is 1.95 bits per heavy atom. The van der Waals surface area contributed by atoms with E-state index in [9.17, 15) is 14.7 Å². The number of aliphatic carboxylic acids is 1. The average molecular weight is 292 g/mol. The molecule has 0 aromatic carbocycles. The van der Waals surface area contributed by atoms with Crippen molar-refractivity contribution in [1.29, 1.82) is 0 Å². The first-order chi connectivity index (χ1) is 9.75. The summed E-state index contributed by atoms with van der Waals surface area (Å²) in [6, 6.07) is 0. The van der Waals surface area contributed by atoms with Crippen LogP contribution in [0.3, 0.4) is 0 Å². The molecule has 1 aliphatic rings. The fourth-order valence-corrected chi connectivity index (χ4v) is 3.52. The monoisotopic (exact) mass is 292 g/mol. The Morgan fingerprint density at radius 3 is 2.48 bits per heavy atom. The van der Waals surface area contributed by atoms with Gasteiger partial charge < -0.3 is 5.11 Å². The Bertz CT molecular complexity index is 613. The predicted molar refractivity (Wildman–Crippen MR) is 80.6 cm³/mol. The fraction of sp³-hybridized carbons (Fsp3) is 0.688. The van der Waals surface area contributed by atoms with Crippen molar-refractivity contribution in [2.45, 2.75) is 65.8 Å². The van der Waals surface area contributed by atoms with Gasteiger partial charge in [-0.2, -0.15) is 4.98 Å². The van der Waals surface area contributed by atoms with Crippen LogP contribution in [0.15, 0.2) is 4.79 Å².